The lowest BCUT2D eigenvalue weighted by molar-refractivity contribution is -0.155. The summed E-state index contributed by atoms with van der Waals surface area (Å²) in [5.74, 6) is 2.81. The first-order chi connectivity index (χ1) is 12.4. The van der Waals surface area contributed by atoms with Gasteiger partial charge in [-0.2, -0.15) is 0 Å². The highest BCUT2D eigenvalue weighted by Gasteiger charge is 2.61. The SMILES string of the molecule is C=CCOC(=O)[C@H]1CC[C@H]2[C@@H]3CCC4CC(=O)C=C[C@]4(C)[C@H]3CC[C@]12C. The maximum absolute atomic E-state index is 12.6. The van der Waals surface area contributed by atoms with Gasteiger partial charge in [0.15, 0.2) is 5.78 Å². The average Bonchev–Trinajstić information content (AvgIpc) is 2.97. The van der Waals surface area contributed by atoms with E-state index in [1.165, 1.54) is 12.8 Å². The average molecular weight is 357 g/mol. The van der Waals surface area contributed by atoms with E-state index in [9.17, 15) is 9.59 Å². The molecule has 4 aliphatic rings. The van der Waals surface area contributed by atoms with Crippen LogP contribution in [0.4, 0.5) is 0 Å². The molecule has 0 N–H and O–H groups in total. The summed E-state index contributed by atoms with van der Waals surface area (Å²) in [6, 6.07) is 0. The molecule has 0 saturated heterocycles. The van der Waals surface area contributed by atoms with Gasteiger partial charge < -0.3 is 4.74 Å². The van der Waals surface area contributed by atoms with Crippen molar-refractivity contribution in [1.29, 1.82) is 0 Å². The Hall–Kier alpha value is -1.38. The van der Waals surface area contributed by atoms with Crippen molar-refractivity contribution in [2.75, 3.05) is 6.61 Å². The first-order valence-electron chi connectivity index (χ1n) is 10.4. The van der Waals surface area contributed by atoms with Gasteiger partial charge in [0.1, 0.15) is 6.61 Å². The number of ketones is 1. The van der Waals surface area contributed by atoms with Crippen molar-refractivity contribution in [1.82, 2.24) is 0 Å². The molecule has 7 atom stereocenters. The van der Waals surface area contributed by atoms with Gasteiger partial charge in [0.05, 0.1) is 5.92 Å². The molecule has 1 unspecified atom stereocenters. The van der Waals surface area contributed by atoms with Gasteiger partial charge >= 0.3 is 5.97 Å². The van der Waals surface area contributed by atoms with Gasteiger partial charge in [0.25, 0.3) is 0 Å². The summed E-state index contributed by atoms with van der Waals surface area (Å²) in [5, 5.41) is 0. The van der Waals surface area contributed by atoms with Crippen LogP contribution in [-0.4, -0.2) is 18.4 Å². The molecule has 0 bridgehead atoms. The first kappa shape index (κ1) is 18.0. The van der Waals surface area contributed by atoms with E-state index >= 15 is 0 Å². The third-order valence-electron chi connectivity index (χ3n) is 8.67. The van der Waals surface area contributed by atoms with Gasteiger partial charge in [-0.15, -0.1) is 0 Å². The third-order valence-corrected chi connectivity index (χ3v) is 8.67. The lowest BCUT2D eigenvalue weighted by atomic mass is 9.46. The van der Waals surface area contributed by atoms with E-state index in [0.717, 1.165) is 32.1 Å². The van der Waals surface area contributed by atoms with Crippen molar-refractivity contribution in [3.8, 4) is 0 Å². The molecule has 0 aromatic heterocycles. The quantitative estimate of drug-likeness (QED) is 0.543. The second kappa shape index (κ2) is 6.35. The number of allylic oxidation sites excluding steroid dienone is 2. The van der Waals surface area contributed by atoms with E-state index in [-0.39, 0.29) is 22.7 Å². The van der Waals surface area contributed by atoms with Crippen molar-refractivity contribution >= 4 is 11.8 Å². The van der Waals surface area contributed by atoms with Gasteiger partial charge in [-0.3, -0.25) is 9.59 Å². The summed E-state index contributed by atoms with van der Waals surface area (Å²) in [6.07, 6.45) is 13.3. The normalized spacial score (nSPS) is 46.8. The van der Waals surface area contributed by atoms with E-state index in [1.54, 1.807) is 6.08 Å². The Labute approximate surface area is 157 Å². The Morgan fingerprint density at radius 3 is 2.81 bits per heavy atom. The van der Waals surface area contributed by atoms with E-state index < -0.39 is 0 Å². The first-order valence-corrected chi connectivity index (χ1v) is 10.4. The molecular formula is C23H32O3. The maximum Gasteiger partial charge on any atom is 0.309 e. The number of fused-ring (bicyclic) bond motifs is 5. The number of hydrogen-bond acceptors (Lipinski definition) is 3. The highest BCUT2D eigenvalue weighted by Crippen LogP contribution is 2.66. The van der Waals surface area contributed by atoms with Gasteiger partial charge in [-0.25, -0.2) is 0 Å². The van der Waals surface area contributed by atoms with Gasteiger partial charge in [-0.1, -0.05) is 32.6 Å². The molecule has 3 saturated carbocycles. The number of rotatable bonds is 3. The van der Waals surface area contributed by atoms with Gasteiger partial charge in [0, 0.05) is 6.42 Å². The minimum Gasteiger partial charge on any atom is -0.461 e. The lowest BCUT2D eigenvalue weighted by Gasteiger charge is -2.58. The fourth-order valence-corrected chi connectivity index (χ4v) is 7.26. The lowest BCUT2D eigenvalue weighted by Crippen LogP contribution is -2.52. The molecule has 0 radical (unpaired) electrons. The third kappa shape index (κ3) is 2.53. The number of hydrogen-bond donors (Lipinski definition) is 0. The largest absolute Gasteiger partial charge is 0.461 e. The standard InChI is InChI=1S/C23H32O3/c1-4-13-26-21(25)20-8-7-18-17-6-5-15-14-16(24)9-11-22(15,2)19(17)10-12-23(18,20)3/h4,9,11,15,17-20H,1,5-8,10,12-14H2,2-3H3/t15?,17-,18-,19-,20+,22-,23-/m0/s1. The molecule has 0 aromatic carbocycles. The molecule has 142 valence electrons. The van der Waals surface area contributed by atoms with Crippen molar-refractivity contribution in [2.24, 2.45) is 40.4 Å². The Morgan fingerprint density at radius 1 is 1.23 bits per heavy atom. The molecule has 0 heterocycles. The summed E-state index contributed by atoms with van der Waals surface area (Å²) < 4.78 is 5.44. The number of ether oxygens (including phenoxy) is 1. The summed E-state index contributed by atoms with van der Waals surface area (Å²) >= 11 is 0. The highest BCUT2D eigenvalue weighted by atomic mass is 16.5. The van der Waals surface area contributed by atoms with Crippen LogP contribution in [0, 0.1) is 40.4 Å². The van der Waals surface area contributed by atoms with Crippen LogP contribution in [0.5, 0.6) is 0 Å². The summed E-state index contributed by atoms with van der Waals surface area (Å²) in [6.45, 7) is 8.71. The molecule has 0 aromatic rings. The molecule has 0 spiro atoms. The van der Waals surface area contributed by atoms with Gasteiger partial charge in [-0.05, 0) is 79.1 Å². The van der Waals surface area contributed by atoms with Gasteiger partial charge in [0.2, 0.25) is 0 Å². The van der Waals surface area contributed by atoms with E-state index in [1.807, 2.05) is 6.08 Å². The second-order valence-corrected chi connectivity index (χ2v) is 9.61. The molecular weight excluding hydrogens is 324 g/mol. The Balaban J connectivity index is 1.58. The van der Waals surface area contributed by atoms with Crippen LogP contribution in [0.25, 0.3) is 0 Å². The number of carbonyl (C=O) groups excluding carboxylic acids is 2. The second-order valence-electron chi connectivity index (χ2n) is 9.61. The van der Waals surface area contributed by atoms with Crippen LogP contribution >= 0.6 is 0 Å². The molecule has 0 amide bonds. The number of esters is 1. The fraction of sp³-hybridized carbons (Fsp3) is 0.739. The predicted molar refractivity (Wildman–Crippen MR) is 101 cm³/mol. The Morgan fingerprint density at radius 2 is 2.04 bits per heavy atom. The van der Waals surface area contributed by atoms with Crippen LogP contribution in [0.3, 0.4) is 0 Å². The minimum atomic E-state index is -0.0172. The van der Waals surface area contributed by atoms with Crippen molar-refractivity contribution in [3.05, 3.63) is 24.8 Å². The summed E-state index contributed by atoms with van der Waals surface area (Å²) in [4.78, 5) is 24.5. The molecule has 4 aliphatic carbocycles. The van der Waals surface area contributed by atoms with Crippen molar-refractivity contribution in [2.45, 2.75) is 58.8 Å². The fourth-order valence-electron chi connectivity index (χ4n) is 7.26. The van der Waals surface area contributed by atoms with Crippen LogP contribution in [0.15, 0.2) is 24.8 Å². The highest BCUT2D eigenvalue weighted by molar-refractivity contribution is 5.91. The predicted octanol–water partition coefficient (Wildman–Crippen LogP) is 4.72. The molecule has 3 fully saturated rings. The minimum absolute atomic E-state index is 0.0172. The van der Waals surface area contributed by atoms with Crippen LogP contribution in [0.1, 0.15) is 58.8 Å². The van der Waals surface area contributed by atoms with Crippen LogP contribution in [-0.2, 0) is 14.3 Å². The molecule has 3 nitrogen and oxygen atoms in total. The van der Waals surface area contributed by atoms with Crippen molar-refractivity contribution in [3.63, 3.8) is 0 Å². The maximum atomic E-state index is 12.6. The Kier molecular flexibility index (Phi) is 4.40. The van der Waals surface area contributed by atoms with Crippen LogP contribution in [0.2, 0.25) is 0 Å². The summed E-state index contributed by atoms with van der Waals surface area (Å²) in [5.41, 5.74) is 0.246. The summed E-state index contributed by atoms with van der Waals surface area (Å²) in [7, 11) is 0. The zero-order chi connectivity index (χ0) is 18.5. The smallest absolute Gasteiger partial charge is 0.309 e. The van der Waals surface area contributed by atoms with Crippen molar-refractivity contribution < 1.29 is 14.3 Å². The van der Waals surface area contributed by atoms with E-state index in [4.69, 9.17) is 4.74 Å². The molecule has 26 heavy (non-hydrogen) atoms. The molecule has 0 aliphatic heterocycles. The Bertz CT molecular complexity index is 650. The topological polar surface area (TPSA) is 43.4 Å². The zero-order valence-corrected chi connectivity index (χ0v) is 16.2. The molecule has 3 heteroatoms. The zero-order valence-electron chi connectivity index (χ0n) is 16.2. The number of carbonyl (C=O) groups is 2. The molecule has 4 rings (SSSR count). The van der Waals surface area contributed by atoms with Crippen LogP contribution < -0.4 is 0 Å². The van der Waals surface area contributed by atoms with E-state index in [2.05, 4.69) is 26.5 Å². The van der Waals surface area contributed by atoms with E-state index in [0.29, 0.717) is 36.1 Å². The monoisotopic (exact) mass is 356 g/mol.